The van der Waals surface area contributed by atoms with Crippen LogP contribution in [0.5, 0.6) is 0 Å². The van der Waals surface area contributed by atoms with E-state index in [0.29, 0.717) is 36.6 Å². The van der Waals surface area contributed by atoms with Crippen molar-refractivity contribution in [3.63, 3.8) is 0 Å². The minimum absolute atomic E-state index is 0.153. The molecular weight excluding hydrogens is 328 g/mol. The number of Topliss-reactive ketones (excluding diaryl/α,β-unsaturated/α-hetero) is 1. The van der Waals surface area contributed by atoms with E-state index in [1.54, 1.807) is 0 Å². The average Bonchev–Trinajstić information content (AvgIpc) is 2.94. The van der Waals surface area contributed by atoms with Gasteiger partial charge in [-0.05, 0) is 62.7 Å². The molecule has 0 radical (unpaired) electrons. The van der Waals surface area contributed by atoms with Gasteiger partial charge in [-0.2, -0.15) is 0 Å². The summed E-state index contributed by atoms with van der Waals surface area (Å²) in [5, 5.41) is 10.2. The topological polar surface area (TPSA) is 63.6 Å². The van der Waals surface area contributed by atoms with Crippen LogP contribution in [-0.2, 0) is 14.3 Å². The third-order valence-electron chi connectivity index (χ3n) is 8.15. The molecule has 6 atom stereocenters. The Morgan fingerprint density at radius 2 is 2.15 bits per heavy atom. The molecule has 4 aliphatic rings. The van der Waals surface area contributed by atoms with Crippen LogP contribution in [0.25, 0.3) is 0 Å². The third kappa shape index (κ3) is 2.52. The molecule has 4 rings (SSSR count). The lowest BCUT2D eigenvalue weighted by Crippen LogP contribution is -2.53. The van der Waals surface area contributed by atoms with Crippen molar-refractivity contribution in [3.8, 4) is 0 Å². The lowest BCUT2D eigenvalue weighted by atomic mass is 9.47. The summed E-state index contributed by atoms with van der Waals surface area (Å²) < 4.78 is 5.59. The maximum Gasteiger partial charge on any atom is 0.330 e. The zero-order chi connectivity index (χ0) is 18.5. The summed E-state index contributed by atoms with van der Waals surface area (Å²) in [5.41, 5.74) is 0.968. The first kappa shape index (κ1) is 18.0. The molecule has 0 unspecified atom stereocenters. The van der Waals surface area contributed by atoms with Crippen molar-refractivity contribution in [1.29, 1.82) is 0 Å². The lowest BCUT2D eigenvalue weighted by Gasteiger charge is -2.57. The van der Waals surface area contributed by atoms with Crippen LogP contribution in [0.3, 0.4) is 0 Å². The fraction of sp³-hybridized carbons (Fsp3) is 0.727. The van der Waals surface area contributed by atoms with Crippen molar-refractivity contribution in [2.24, 2.45) is 28.6 Å². The molecule has 0 aliphatic heterocycles. The molecule has 3 saturated carbocycles. The molecule has 4 heteroatoms. The Bertz CT molecular complexity index is 665. The van der Waals surface area contributed by atoms with E-state index in [0.717, 1.165) is 44.9 Å². The lowest BCUT2D eigenvalue weighted by molar-refractivity contribution is -0.147. The number of carbonyl (C=O) groups excluding carboxylic acids is 2. The van der Waals surface area contributed by atoms with Crippen LogP contribution in [0, 0.1) is 28.6 Å². The van der Waals surface area contributed by atoms with Gasteiger partial charge in [-0.15, -0.1) is 0 Å². The smallest absolute Gasteiger partial charge is 0.330 e. The molecule has 0 spiro atoms. The fourth-order valence-corrected chi connectivity index (χ4v) is 6.74. The molecule has 4 nitrogen and oxygen atoms in total. The number of hydrogen-bond acceptors (Lipinski definition) is 4. The van der Waals surface area contributed by atoms with Gasteiger partial charge in [0.25, 0.3) is 0 Å². The second-order valence-corrected chi connectivity index (χ2v) is 9.12. The van der Waals surface area contributed by atoms with Gasteiger partial charge in [0.05, 0.1) is 6.10 Å². The zero-order valence-corrected chi connectivity index (χ0v) is 15.7. The Balaban J connectivity index is 1.68. The van der Waals surface area contributed by atoms with E-state index in [2.05, 4.69) is 19.6 Å². The van der Waals surface area contributed by atoms with Crippen molar-refractivity contribution < 1.29 is 19.4 Å². The zero-order valence-electron chi connectivity index (χ0n) is 15.7. The van der Waals surface area contributed by atoms with Gasteiger partial charge in [-0.3, -0.25) is 4.79 Å². The van der Waals surface area contributed by atoms with Crippen LogP contribution < -0.4 is 0 Å². The Morgan fingerprint density at radius 3 is 2.92 bits per heavy atom. The maximum absolute atomic E-state index is 12.5. The molecule has 3 fully saturated rings. The van der Waals surface area contributed by atoms with Gasteiger partial charge in [0.1, 0.15) is 12.4 Å². The molecule has 4 aliphatic carbocycles. The summed E-state index contributed by atoms with van der Waals surface area (Å²) in [4.78, 5) is 24.3. The number of carbonyl (C=O) groups is 2. The molecule has 0 amide bonds. The predicted molar refractivity (Wildman–Crippen MR) is 98.2 cm³/mol. The number of rotatable bonds is 3. The average molecular weight is 358 g/mol. The van der Waals surface area contributed by atoms with Crippen molar-refractivity contribution in [3.05, 3.63) is 24.3 Å². The summed E-state index contributed by atoms with van der Waals surface area (Å²) in [6, 6.07) is 0. The van der Waals surface area contributed by atoms with E-state index in [1.165, 1.54) is 11.6 Å². The van der Waals surface area contributed by atoms with Crippen LogP contribution >= 0.6 is 0 Å². The number of allylic oxidation sites excluding steroid dienone is 1. The highest BCUT2D eigenvalue weighted by Crippen LogP contribution is 2.64. The molecule has 0 saturated heterocycles. The Labute approximate surface area is 155 Å². The molecule has 26 heavy (non-hydrogen) atoms. The van der Waals surface area contributed by atoms with Gasteiger partial charge in [-0.1, -0.05) is 25.2 Å². The summed E-state index contributed by atoms with van der Waals surface area (Å²) in [6.07, 6.45) is 10.2. The van der Waals surface area contributed by atoms with E-state index < -0.39 is 0 Å². The van der Waals surface area contributed by atoms with Gasteiger partial charge < -0.3 is 9.84 Å². The molecule has 0 bridgehead atoms. The second-order valence-electron chi connectivity index (χ2n) is 9.12. The highest BCUT2D eigenvalue weighted by Gasteiger charge is 2.60. The second kappa shape index (κ2) is 6.33. The van der Waals surface area contributed by atoms with Gasteiger partial charge in [-0.25, -0.2) is 4.79 Å². The minimum Gasteiger partial charge on any atom is -0.462 e. The van der Waals surface area contributed by atoms with Crippen molar-refractivity contribution in [1.82, 2.24) is 0 Å². The SMILES string of the molecule is C=CC(=O)OC[C@]12CC[C@H](O)CC1=CC[C@@H]1[C@@H]2CC[C@]2(C)C(=O)CC[C@@H]12. The largest absolute Gasteiger partial charge is 0.462 e. The Morgan fingerprint density at radius 1 is 1.35 bits per heavy atom. The molecule has 1 N–H and O–H groups in total. The molecule has 0 heterocycles. The molecule has 0 aromatic carbocycles. The first-order valence-electron chi connectivity index (χ1n) is 10.1. The van der Waals surface area contributed by atoms with Crippen LogP contribution in [0.1, 0.15) is 58.3 Å². The van der Waals surface area contributed by atoms with Crippen molar-refractivity contribution >= 4 is 11.8 Å². The number of aliphatic hydroxyl groups excluding tert-OH is 1. The fourth-order valence-electron chi connectivity index (χ4n) is 6.74. The van der Waals surface area contributed by atoms with Gasteiger partial charge in [0.15, 0.2) is 0 Å². The van der Waals surface area contributed by atoms with Gasteiger partial charge >= 0.3 is 5.97 Å². The summed E-state index contributed by atoms with van der Waals surface area (Å²) >= 11 is 0. The quantitative estimate of drug-likeness (QED) is 0.476. The number of esters is 1. The first-order chi connectivity index (χ1) is 12.4. The monoisotopic (exact) mass is 358 g/mol. The highest BCUT2D eigenvalue weighted by molar-refractivity contribution is 5.87. The van der Waals surface area contributed by atoms with Crippen LogP contribution in [-0.4, -0.2) is 29.6 Å². The van der Waals surface area contributed by atoms with Crippen molar-refractivity contribution in [2.45, 2.75) is 64.4 Å². The Hall–Kier alpha value is -1.42. The predicted octanol–water partition coefficient (Wildman–Crippen LogP) is 3.59. The third-order valence-corrected chi connectivity index (χ3v) is 8.15. The van der Waals surface area contributed by atoms with Gasteiger partial charge in [0.2, 0.25) is 0 Å². The van der Waals surface area contributed by atoms with E-state index in [-0.39, 0.29) is 22.9 Å². The number of fused-ring (bicyclic) bond motifs is 5. The van der Waals surface area contributed by atoms with Crippen LogP contribution in [0.4, 0.5) is 0 Å². The highest BCUT2D eigenvalue weighted by atomic mass is 16.5. The number of ketones is 1. The number of ether oxygens (including phenoxy) is 1. The standard InChI is InChI=1S/C22H30O4/c1-3-20(25)26-13-22-11-8-15(23)12-14(22)4-5-16-17-6-7-19(24)21(17,2)10-9-18(16)22/h3-4,15-18,23H,1,5-13H2,2H3/t15-,16-,17-,18-,21-,22+/m0/s1. The van der Waals surface area contributed by atoms with Crippen LogP contribution in [0.2, 0.25) is 0 Å². The molecule has 0 aromatic rings. The normalized spacial score (nSPS) is 44.4. The molecule has 142 valence electrons. The van der Waals surface area contributed by atoms with Gasteiger partial charge in [0, 0.05) is 23.3 Å². The van der Waals surface area contributed by atoms with Crippen LogP contribution in [0.15, 0.2) is 24.3 Å². The number of aliphatic hydroxyl groups is 1. The molecular formula is C22H30O4. The molecule has 0 aromatic heterocycles. The number of hydrogen-bond donors (Lipinski definition) is 1. The maximum atomic E-state index is 12.5. The van der Waals surface area contributed by atoms with E-state index in [1.807, 2.05) is 0 Å². The van der Waals surface area contributed by atoms with E-state index in [4.69, 9.17) is 4.74 Å². The Kier molecular flexibility index (Phi) is 4.37. The minimum atomic E-state index is -0.372. The van der Waals surface area contributed by atoms with E-state index in [9.17, 15) is 14.7 Å². The first-order valence-corrected chi connectivity index (χ1v) is 10.1. The van der Waals surface area contributed by atoms with E-state index >= 15 is 0 Å². The summed E-state index contributed by atoms with van der Waals surface area (Å²) in [7, 11) is 0. The summed E-state index contributed by atoms with van der Waals surface area (Å²) in [6.45, 7) is 6.08. The summed E-state index contributed by atoms with van der Waals surface area (Å²) in [5.74, 6) is 1.45. The van der Waals surface area contributed by atoms with Crippen molar-refractivity contribution in [2.75, 3.05) is 6.61 Å².